The monoisotopic (exact) mass is 434 g/mol. The molecule has 31 heavy (non-hydrogen) atoms. The molecular formula is C24H26N4O2S. The van der Waals surface area contributed by atoms with Crippen LogP contribution in [0.4, 0.5) is 5.69 Å². The van der Waals surface area contributed by atoms with Crippen molar-refractivity contribution in [2.45, 2.75) is 13.8 Å². The normalized spacial score (nSPS) is 15.0. The van der Waals surface area contributed by atoms with Gasteiger partial charge in [0.2, 0.25) is 11.8 Å². The van der Waals surface area contributed by atoms with Gasteiger partial charge in [0.1, 0.15) is 5.01 Å². The van der Waals surface area contributed by atoms with Gasteiger partial charge in [-0.1, -0.05) is 24.3 Å². The highest BCUT2D eigenvalue weighted by atomic mass is 32.1. The summed E-state index contributed by atoms with van der Waals surface area (Å²) >= 11 is 1.57. The lowest BCUT2D eigenvalue weighted by Gasteiger charge is -2.33. The van der Waals surface area contributed by atoms with E-state index < -0.39 is 0 Å². The Balaban J connectivity index is 1.26. The highest BCUT2D eigenvalue weighted by molar-refractivity contribution is 7.19. The van der Waals surface area contributed by atoms with Crippen molar-refractivity contribution in [1.82, 2.24) is 14.8 Å². The number of anilines is 1. The molecule has 0 saturated carbocycles. The topological polar surface area (TPSA) is 65.5 Å². The standard InChI is InChI=1S/C24H26N4O2S/c1-17-6-5-8-19(18(17)2)25-22(29)16-27-12-14-28(15-13-27)24(30)11-10-23-26-20-7-3-4-9-21(20)31-23/h3-11H,12-16H2,1-2H3,(H,25,29)/b11-10+. The Morgan fingerprint density at radius 3 is 2.61 bits per heavy atom. The van der Waals surface area contributed by atoms with Gasteiger partial charge in [0.25, 0.3) is 0 Å². The van der Waals surface area contributed by atoms with E-state index in [4.69, 9.17) is 0 Å². The largest absolute Gasteiger partial charge is 0.337 e. The van der Waals surface area contributed by atoms with E-state index in [0.717, 1.165) is 32.0 Å². The van der Waals surface area contributed by atoms with Gasteiger partial charge in [-0.3, -0.25) is 14.5 Å². The molecule has 1 aromatic heterocycles. The molecule has 0 spiro atoms. The molecule has 0 radical (unpaired) electrons. The molecule has 1 saturated heterocycles. The van der Waals surface area contributed by atoms with Crippen LogP contribution in [0.25, 0.3) is 16.3 Å². The van der Waals surface area contributed by atoms with E-state index in [9.17, 15) is 9.59 Å². The first-order valence-corrected chi connectivity index (χ1v) is 11.2. The molecule has 7 heteroatoms. The third-order valence-corrected chi connectivity index (χ3v) is 6.61. The van der Waals surface area contributed by atoms with Crippen molar-refractivity contribution in [3.05, 3.63) is 64.7 Å². The number of hydrogen-bond donors (Lipinski definition) is 1. The van der Waals surface area contributed by atoms with Crippen molar-refractivity contribution in [2.24, 2.45) is 0 Å². The number of carbonyl (C=O) groups is 2. The first-order chi connectivity index (χ1) is 15.0. The molecule has 4 rings (SSSR count). The summed E-state index contributed by atoms with van der Waals surface area (Å²) in [5, 5.41) is 3.83. The molecule has 1 aliphatic heterocycles. The lowest BCUT2D eigenvalue weighted by atomic mass is 10.1. The van der Waals surface area contributed by atoms with E-state index in [1.54, 1.807) is 23.5 Å². The van der Waals surface area contributed by atoms with Gasteiger partial charge >= 0.3 is 0 Å². The van der Waals surface area contributed by atoms with Crippen LogP contribution in [0.1, 0.15) is 16.1 Å². The number of aromatic nitrogens is 1. The molecular weight excluding hydrogens is 408 g/mol. The Morgan fingerprint density at radius 1 is 1.06 bits per heavy atom. The van der Waals surface area contributed by atoms with Gasteiger partial charge in [-0.25, -0.2) is 4.98 Å². The number of aryl methyl sites for hydroxylation is 1. The molecule has 1 aliphatic rings. The number of carbonyl (C=O) groups excluding carboxylic acids is 2. The van der Waals surface area contributed by atoms with Gasteiger partial charge in [0.05, 0.1) is 16.8 Å². The van der Waals surface area contributed by atoms with Gasteiger partial charge in [-0.05, 0) is 49.2 Å². The Labute approximate surface area is 186 Å². The number of thiazole rings is 1. The number of amides is 2. The van der Waals surface area contributed by atoms with Crippen LogP contribution in [0, 0.1) is 13.8 Å². The van der Waals surface area contributed by atoms with Crippen LogP contribution in [0.3, 0.4) is 0 Å². The number of hydrogen-bond acceptors (Lipinski definition) is 5. The summed E-state index contributed by atoms with van der Waals surface area (Å²) in [4.78, 5) is 33.4. The first-order valence-electron chi connectivity index (χ1n) is 10.4. The zero-order valence-electron chi connectivity index (χ0n) is 17.8. The number of nitrogens with zero attached hydrogens (tertiary/aromatic N) is 3. The summed E-state index contributed by atoms with van der Waals surface area (Å²) < 4.78 is 1.11. The third-order valence-electron chi connectivity index (χ3n) is 5.61. The van der Waals surface area contributed by atoms with Crippen LogP contribution in [0.5, 0.6) is 0 Å². The lowest BCUT2D eigenvalue weighted by Crippen LogP contribution is -2.50. The lowest BCUT2D eigenvalue weighted by molar-refractivity contribution is -0.127. The predicted molar refractivity (Wildman–Crippen MR) is 126 cm³/mol. The fourth-order valence-corrected chi connectivity index (χ4v) is 4.49. The molecule has 1 fully saturated rings. The Bertz CT molecular complexity index is 1100. The second-order valence-corrected chi connectivity index (χ2v) is 8.81. The van der Waals surface area contributed by atoms with Crippen molar-refractivity contribution in [2.75, 3.05) is 38.0 Å². The summed E-state index contributed by atoms with van der Waals surface area (Å²) in [5.41, 5.74) is 4.06. The zero-order valence-corrected chi connectivity index (χ0v) is 18.6. The summed E-state index contributed by atoms with van der Waals surface area (Å²) in [5.74, 6) is -0.0389. The molecule has 3 aromatic rings. The number of piperazine rings is 1. The molecule has 6 nitrogen and oxygen atoms in total. The molecule has 0 bridgehead atoms. The maximum Gasteiger partial charge on any atom is 0.246 e. The average Bonchev–Trinajstić information content (AvgIpc) is 3.19. The number of fused-ring (bicyclic) bond motifs is 1. The molecule has 2 amide bonds. The molecule has 0 atom stereocenters. The predicted octanol–water partition coefficient (Wildman–Crippen LogP) is 3.71. The minimum atomic E-state index is -0.0239. The van der Waals surface area contributed by atoms with Crippen molar-refractivity contribution < 1.29 is 9.59 Å². The number of rotatable bonds is 5. The van der Waals surface area contributed by atoms with Crippen molar-refractivity contribution in [1.29, 1.82) is 0 Å². The average molecular weight is 435 g/mol. The fourth-order valence-electron chi connectivity index (χ4n) is 3.62. The Hall–Kier alpha value is -3.03. The molecule has 160 valence electrons. The molecule has 0 unspecified atom stereocenters. The molecule has 2 heterocycles. The summed E-state index contributed by atoms with van der Waals surface area (Å²) in [6.07, 6.45) is 3.39. The molecule has 2 aromatic carbocycles. The second kappa shape index (κ2) is 9.41. The minimum absolute atomic E-state index is 0.0151. The first kappa shape index (κ1) is 21.2. The third kappa shape index (κ3) is 5.18. The maximum absolute atomic E-state index is 12.5. The summed E-state index contributed by atoms with van der Waals surface area (Å²) in [6.45, 7) is 6.96. The van der Waals surface area contributed by atoms with Crippen LogP contribution >= 0.6 is 11.3 Å². The Morgan fingerprint density at radius 2 is 1.84 bits per heavy atom. The van der Waals surface area contributed by atoms with Gasteiger partial charge in [-0.2, -0.15) is 0 Å². The summed E-state index contributed by atoms with van der Waals surface area (Å²) in [7, 11) is 0. The van der Waals surface area contributed by atoms with Crippen LogP contribution < -0.4 is 5.32 Å². The van der Waals surface area contributed by atoms with Gasteiger partial charge in [0, 0.05) is 37.9 Å². The zero-order chi connectivity index (χ0) is 21.8. The maximum atomic E-state index is 12.5. The van der Waals surface area contributed by atoms with E-state index >= 15 is 0 Å². The van der Waals surface area contributed by atoms with Gasteiger partial charge in [0.15, 0.2) is 0 Å². The van der Waals surface area contributed by atoms with Gasteiger partial charge < -0.3 is 10.2 Å². The van der Waals surface area contributed by atoms with Crippen LogP contribution in [0.2, 0.25) is 0 Å². The molecule has 1 N–H and O–H groups in total. The minimum Gasteiger partial charge on any atom is -0.337 e. The van der Waals surface area contributed by atoms with E-state index in [1.165, 1.54) is 0 Å². The van der Waals surface area contributed by atoms with Crippen molar-refractivity contribution >= 4 is 45.1 Å². The SMILES string of the molecule is Cc1cccc(NC(=O)CN2CCN(C(=O)/C=C/c3nc4ccccc4s3)CC2)c1C. The fraction of sp³-hybridized carbons (Fsp3) is 0.292. The van der Waals surface area contributed by atoms with E-state index in [-0.39, 0.29) is 11.8 Å². The smallest absolute Gasteiger partial charge is 0.246 e. The summed E-state index contributed by atoms with van der Waals surface area (Å²) in [6, 6.07) is 13.9. The second-order valence-electron chi connectivity index (χ2n) is 7.75. The van der Waals surface area contributed by atoms with Crippen molar-refractivity contribution in [3.8, 4) is 0 Å². The highest BCUT2D eigenvalue weighted by Gasteiger charge is 2.21. The van der Waals surface area contributed by atoms with E-state index in [1.807, 2.05) is 61.2 Å². The number of para-hydroxylation sites is 1. The molecule has 0 aliphatic carbocycles. The van der Waals surface area contributed by atoms with Crippen LogP contribution in [-0.4, -0.2) is 59.3 Å². The van der Waals surface area contributed by atoms with E-state index in [2.05, 4.69) is 15.2 Å². The van der Waals surface area contributed by atoms with Crippen molar-refractivity contribution in [3.63, 3.8) is 0 Å². The van der Waals surface area contributed by atoms with Crippen LogP contribution in [-0.2, 0) is 9.59 Å². The Kier molecular flexibility index (Phi) is 6.44. The highest BCUT2D eigenvalue weighted by Crippen LogP contribution is 2.22. The quantitative estimate of drug-likeness (QED) is 0.622. The number of benzene rings is 2. The van der Waals surface area contributed by atoms with Crippen LogP contribution in [0.15, 0.2) is 48.5 Å². The number of nitrogens with one attached hydrogen (secondary N) is 1. The van der Waals surface area contributed by atoms with Gasteiger partial charge in [-0.15, -0.1) is 11.3 Å². The van der Waals surface area contributed by atoms with E-state index in [0.29, 0.717) is 32.7 Å².